The average Bonchev–Trinajstić information content (AvgIpc) is 3.75. The Hall–Kier alpha value is -8.05. The van der Waals surface area contributed by atoms with Crippen molar-refractivity contribution < 1.29 is 5.79 Å². The Morgan fingerprint density at radius 1 is 0.375 bits per heavy atom. The minimum absolute atomic E-state index is 0.547. The zero-order valence-corrected chi connectivity index (χ0v) is 35.4. The van der Waals surface area contributed by atoms with E-state index in [1.807, 2.05) is 18.2 Å². The first-order valence-electron chi connectivity index (χ1n) is 22.2. The van der Waals surface area contributed by atoms with Crippen LogP contribution in [0.1, 0.15) is 1.37 Å². The van der Waals surface area contributed by atoms with Crippen LogP contribution >= 0.6 is 11.8 Å². The van der Waals surface area contributed by atoms with Gasteiger partial charge in [-0.1, -0.05) is 151 Å². The summed E-state index contributed by atoms with van der Waals surface area (Å²) < 4.78 is 16.5. The number of benzene rings is 11. The molecule has 11 aromatic carbocycles. The van der Waals surface area contributed by atoms with E-state index in [2.05, 4.69) is 216 Å². The minimum Gasteiger partial charge on any atom is -0.454 e. The van der Waals surface area contributed by atoms with Gasteiger partial charge in [0.05, 0.1) is 7.06 Å². The summed E-state index contributed by atoms with van der Waals surface area (Å²) in [7, 11) is 0. The molecule has 0 amide bonds. The first kappa shape index (κ1) is 35.5. The van der Waals surface area contributed by atoms with Gasteiger partial charge in [0, 0.05) is 54.4 Å². The van der Waals surface area contributed by atoms with Crippen molar-refractivity contribution in [1.82, 2.24) is 0 Å². The van der Waals surface area contributed by atoms with Crippen molar-refractivity contribution in [3.63, 3.8) is 0 Å². The lowest BCUT2D eigenvalue weighted by Crippen LogP contribution is -2.10. The van der Waals surface area contributed by atoms with Gasteiger partial charge < -0.3 is 14.2 Å². The highest BCUT2D eigenvalue weighted by Gasteiger charge is 2.24. The molecule has 0 unspecified atom stereocenters. The lowest BCUT2D eigenvalue weighted by atomic mass is 9.91. The molecule has 0 atom stereocenters. The average molecular weight is 836 g/mol. The summed E-state index contributed by atoms with van der Waals surface area (Å²) in [6, 6.07) is 80.2. The van der Waals surface area contributed by atoms with Gasteiger partial charge in [-0.15, -0.1) is 0 Å². The molecule has 4 heteroatoms. The van der Waals surface area contributed by atoms with Crippen LogP contribution < -0.4 is 9.80 Å². The molecule has 64 heavy (non-hydrogen) atoms. The van der Waals surface area contributed by atoms with E-state index in [1.54, 1.807) is 11.8 Å². The second-order valence-electron chi connectivity index (χ2n) is 16.4. The molecule has 1 aromatic heterocycles. The number of rotatable bonds is 7. The molecule has 0 spiro atoms. The van der Waals surface area contributed by atoms with Gasteiger partial charge >= 0.3 is 0 Å². The normalized spacial score (nSPS) is 12.2. The van der Waals surface area contributed by atoms with Crippen LogP contribution in [0.3, 0.4) is 0 Å². The van der Waals surface area contributed by atoms with E-state index in [-0.39, 0.29) is 0 Å². The van der Waals surface area contributed by atoms with Crippen molar-refractivity contribution in [2.24, 2.45) is 0 Å². The van der Waals surface area contributed by atoms with E-state index >= 15 is 0 Å². The molecule has 12 aromatic rings. The van der Waals surface area contributed by atoms with Crippen LogP contribution in [-0.2, 0) is 0 Å². The van der Waals surface area contributed by atoms with Gasteiger partial charge in [0.1, 0.15) is 5.58 Å². The standard InChI is InChI=1S/C60H38N2OS/c1-3-15-44(16-4-1)61(47-32-27-39-13-7-8-14-41(39)35-47)46-30-25-40(26-31-46)42-29-34-50-54-36-43-28-33-48(38-53(43)51-20-12-24-57(59(51)54)64-58(50)37-42)62(45-17-5-2-6-18-45)55-22-11-21-52-49-19-9-10-23-56(49)63-60(52)55/h1-38H/i36D. The van der Waals surface area contributed by atoms with E-state index in [0.717, 1.165) is 105 Å². The number of furan rings is 1. The zero-order chi connectivity index (χ0) is 43.0. The lowest BCUT2D eigenvalue weighted by Gasteiger charge is -2.27. The van der Waals surface area contributed by atoms with Crippen LogP contribution in [0.2, 0.25) is 0 Å². The maximum absolute atomic E-state index is 9.88. The third-order valence-electron chi connectivity index (χ3n) is 12.7. The highest BCUT2D eigenvalue weighted by atomic mass is 32.2. The number of para-hydroxylation sites is 4. The molecular formula is C60H38N2OS. The van der Waals surface area contributed by atoms with E-state index in [9.17, 15) is 1.37 Å². The zero-order valence-electron chi connectivity index (χ0n) is 35.6. The fraction of sp³-hybridized carbons (Fsp3) is 0. The first-order chi connectivity index (χ1) is 32.1. The second kappa shape index (κ2) is 14.8. The van der Waals surface area contributed by atoms with Gasteiger partial charge in [0.2, 0.25) is 0 Å². The Morgan fingerprint density at radius 2 is 1.00 bits per heavy atom. The topological polar surface area (TPSA) is 19.6 Å². The molecule has 13 rings (SSSR count). The predicted molar refractivity (Wildman–Crippen MR) is 271 cm³/mol. The fourth-order valence-electron chi connectivity index (χ4n) is 9.67. The van der Waals surface area contributed by atoms with Crippen LogP contribution in [0, 0.1) is 0 Å². The highest BCUT2D eigenvalue weighted by Crippen LogP contribution is 2.52. The Labute approximate surface area is 376 Å². The van der Waals surface area contributed by atoms with E-state index in [0.29, 0.717) is 6.04 Å². The molecular weight excluding hydrogens is 797 g/mol. The maximum Gasteiger partial charge on any atom is 0.159 e. The molecule has 2 heterocycles. The molecule has 0 fully saturated rings. The lowest BCUT2D eigenvalue weighted by molar-refractivity contribution is 0.669. The number of hydrogen-bond donors (Lipinski definition) is 0. The molecule has 0 aliphatic carbocycles. The fourth-order valence-corrected chi connectivity index (χ4v) is 10.8. The van der Waals surface area contributed by atoms with Crippen LogP contribution in [0.25, 0.3) is 76.5 Å². The molecule has 1 aliphatic rings. The molecule has 0 saturated carbocycles. The van der Waals surface area contributed by atoms with Crippen molar-refractivity contribution in [3.05, 3.63) is 230 Å². The van der Waals surface area contributed by atoms with Crippen molar-refractivity contribution >= 4 is 100 Å². The molecule has 3 nitrogen and oxygen atoms in total. The van der Waals surface area contributed by atoms with Crippen LogP contribution in [0.15, 0.2) is 245 Å². The molecule has 1 aliphatic heterocycles. The third kappa shape index (κ3) is 5.99. The van der Waals surface area contributed by atoms with Crippen molar-refractivity contribution in [1.29, 1.82) is 0 Å². The SMILES string of the molecule is [2H]c1c2c3c(cccc3c3cc(N(c4ccccc4)c4cccc5c4oc4ccccc45)ccc13)Sc1cc(-c3ccc(N(c4ccccc4)c4ccc5ccccc5c4)cc3)ccc1-2. The van der Waals surface area contributed by atoms with Crippen molar-refractivity contribution in [2.45, 2.75) is 9.79 Å². The summed E-state index contributed by atoms with van der Waals surface area (Å²) in [6.45, 7) is 0. The van der Waals surface area contributed by atoms with E-state index in [1.165, 1.54) is 15.7 Å². The van der Waals surface area contributed by atoms with Crippen molar-refractivity contribution in [3.8, 4) is 22.3 Å². The van der Waals surface area contributed by atoms with Gasteiger partial charge in [-0.05, 0) is 140 Å². The quantitative estimate of drug-likeness (QED) is 0.149. The van der Waals surface area contributed by atoms with Crippen LogP contribution in [0.4, 0.5) is 34.1 Å². The molecule has 0 saturated heterocycles. The molecule has 0 bridgehead atoms. The summed E-state index contributed by atoms with van der Waals surface area (Å²) in [6.07, 6.45) is 0. The Kier molecular flexibility index (Phi) is 8.22. The summed E-state index contributed by atoms with van der Waals surface area (Å²) in [5, 5.41) is 8.88. The summed E-state index contributed by atoms with van der Waals surface area (Å²) >= 11 is 1.80. The van der Waals surface area contributed by atoms with Gasteiger partial charge in [-0.3, -0.25) is 0 Å². The number of anilines is 6. The first-order valence-corrected chi connectivity index (χ1v) is 22.5. The molecule has 0 N–H and O–H groups in total. The van der Waals surface area contributed by atoms with Crippen LogP contribution in [0.5, 0.6) is 0 Å². The predicted octanol–water partition coefficient (Wildman–Crippen LogP) is 17.8. The van der Waals surface area contributed by atoms with E-state index < -0.39 is 0 Å². The van der Waals surface area contributed by atoms with Gasteiger partial charge in [-0.25, -0.2) is 0 Å². The number of nitrogens with zero attached hydrogens (tertiary/aromatic N) is 2. The van der Waals surface area contributed by atoms with Crippen LogP contribution in [-0.4, -0.2) is 0 Å². The van der Waals surface area contributed by atoms with Gasteiger partial charge in [0.15, 0.2) is 5.58 Å². The molecule has 300 valence electrons. The minimum atomic E-state index is 0.547. The Balaban J connectivity index is 0.897. The van der Waals surface area contributed by atoms with Crippen molar-refractivity contribution in [2.75, 3.05) is 9.80 Å². The second-order valence-corrected chi connectivity index (χ2v) is 17.5. The third-order valence-corrected chi connectivity index (χ3v) is 13.8. The summed E-state index contributed by atoms with van der Waals surface area (Å²) in [5.41, 5.74) is 12.4. The maximum atomic E-state index is 9.88. The van der Waals surface area contributed by atoms with Gasteiger partial charge in [-0.2, -0.15) is 0 Å². The highest BCUT2D eigenvalue weighted by molar-refractivity contribution is 7.99. The molecule has 0 radical (unpaired) electrons. The van der Waals surface area contributed by atoms with E-state index in [4.69, 9.17) is 4.42 Å². The largest absolute Gasteiger partial charge is 0.454 e. The smallest absolute Gasteiger partial charge is 0.159 e. The summed E-state index contributed by atoms with van der Waals surface area (Å²) in [4.78, 5) is 6.93. The monoisotopic (exact) mass is 835 g/mol. The Morgan fingerprint density at radius 3 is 1.83 bits per heavy atom. The number of fused-ring (bicyclic) bond motifs is 8. The van der Waals surface area contributed by atoms with Gasteiger partial charge in [0.25, 0.3) is 0 Å². The Bertz CT molecular complexity index is 3830. The summed E-state index contributed by atoms with van der Waals surface area (Å²) in [5.74, 6) is 0. The number of hydrogen-bond acceptors (Lipinski definition) is 4.